The quantitative estimate of drug-likeness (QED) is 0.172. The lowest BCUT2D eigenvalue weighted by Crippen LogP contribution is -2.42. The average Bonchev–Trinajstić information content (AvgIpc) is 2.62. The lowest BCUT2D eigenvalue weighted by Gasteiger charge is -2.27. The average molecular weight is 379 g/mol. The van der Waals surface area contributed by atoms with Gasteiger partial charge in [-0.2, -0.15) is 0 Å². The summed E-state index contributed by atoms with van der Waals surface area (Å²) in [6.07, 6.45) is -0.199. The second kappa shape index (κ2) is 9.09. The Balaban J connectivity index is 3.26. The van der Waals surface area contributed by atoms with Crippen LogP contribution in [0, 0.1) is 28.7 Å². The molecule has 0 saturated carbocycles. The molecule has 0 bridgehead atoms. The third-order valence-electron chi connectivity index (χ3n) is 3.97. The highest BCUT2D eigenvalue weighted by Crippen LogP contribution is 2.31. The number of esters is 1. The van der Waals surface area contributed by atoms with Gasteiger partial charge in [0.1, 0.15) is 5.41 Å². The molecule has 1 unspecified atom stereocenters. The standard InChI is InChI=1S/C17H21F4NO4/c1-4-26-16(25)17(3,5-6-22-9(2)8-23)15(24)10-7-11(18)13(20)14(21)12(10)19/h7,9,22-23H,4-6,8H2,1-3H3/t9-,17?/m0/s1. The predicted octanol–water partition coefficient (Wildman–Crippen LogP) is 2.36. The van der Waals surface area contributed by atoms with Crippen molar-refractivity contribution in [2.75, 3.05) is 19.8 Å². The van der Waals surface area contributed by atoms with Crippen molar-refractivity contribution in [1.82, 2.24) is 5.32 Å². The highest BCUT2D eigenvalue weighted by Gasteiger charge is 2.44. The Labute approximate surface area is 148 Å². The normalized spacial score (nSPS) is 14.6. The zero-order valence-corrected chi connectivity index (χ0v) is 14.7. The first kappa shape index (κ1) is 22.0. The molecule has 0 saturated heterocycles. The van der Waals surface area contributed by atoms with Gasteiger partial charge in [-0.25, -0.2) is 17.6 Å². The summed E-state index contributed by atoms with van der Waals surface area (Å²) in [7, 11) is 0. The fraction of sp³-hybridized carbons (Fsp3) is 0.529. The first-order chi connectivity index (χ1) is 12.1. The molecule has 5 nitrogen and oxygen atoms in total. The van der Waals surface area contributed by atoms with E-state index >= 15 is 0 Å². The predicted molar refractivity (Wildman–Crippen MR) is 84.5 cm³/mol. The molecule has 0 aliphatic carbocycles. The van der Waals surface area contributed by atoms with Gasteiger partial charge in [0.15, 0.2) is 29.1 Å². The highest BCUT2D eigenvalue weighted by atomic mass is 19.2. The maximum Gasteiger partial charge on any atom is 0.319 e. The van der Waals surface area contributed by atoms with Gasteiger partial charge in [0, 0.05) is 6.04 Å². The number of carbonyl (C=O) groups excluding carboxylic acids is 2. The van der Waals surface area contributed by atoms with Gasteiger partial charge in [0.05, 0.1) is 18.8 Å². The summed E-state index contributed by atoms with van der Waals surface area (Å²) in [4.78, 5) is 25.0. The van der Waals surface area contributed by atoms with Crippen molar-refractivity contribution in [2.24, 2.45) is 5.41 Å². The molecule has 0 heterocycles. The largest absolute Gasteiger partial charge is 0.465 e. The number of aliphatic hydroxyl groups excluding tert-OH is 1. The van der Waals surface area contributed by atoms with Crippen LogP contribution in [0.15, 0.2) is 6.07 Å². The van der Waals surface area contributed by atoms with Crippen LogP contribution in [-0.2, 0) is 9.53 Å². The monoisotopic (exact) mass is 379 g/mol. The SMILES string of the molecule is CCOC(=O)C(C)(CCN[C@@H](C)CO)C(=O)c1cc(F)c(F)c(F)c1F. The van der Waals surface area contributed by atoms with Crippen molar-refractivity contribution in [3.63, 3.8) is 0 Å². The van der Waals surface area contributed by atoms with E-state index in [-0.39, 0.29) is 38.3 Å². The first-order valence-corrected chi connectivity index (χ1v) is 7.99. The minimum absolute atomic E-state index is 0.0521. The molecule has 1 rings (SSSR count). The van der Waals surface area contributed by atoms with Gasteiger partial charge in [-0.05, 0) is 39.8 Å². The van der Waals surface area contributed by atoms with E-state index in [1.54, 1.807) is 6.92 Å². The smallest absolute Gasteiger partial charge is 0.319 e. The second-order valence-electron chi connectivity index (χ2n) is 6.02. The summed E-state index contributed by atoms with van der Waals surface area (Å²) in [6.45, 7) is 4.07. The van der Waals surface area contributed by atoms with Crippen LogP contribution in [-0.4, -0.2) is 42.7 Å². The van der Waals surface area contributed by atoms with Gasteiger partial charge in [-0.15, -0.1) is 0 Å². The minimum Gasteiger partial charge on any atom is -0.465 e. The molecule has 0 aliphatic rings. The van der Waals surface area contributed by atoms with Crippen molar-refractivity contribution < 1.29 is 37.0 Å². The molecular formula is C17H21F4NO4. The van der Waals surface area contributed by atoms with Gasteiger partial charge in [0.2, 0.25) is 0 Å². The number of aliphatic hydroxyl groups is 1. The van der Waals surface area contributed by atoms with Gasteiger partial charge in [-0.1, -0.05) is 0 Å². The molecule has 0 fully saturated rings. The molecule has 146 valence electrons. The molecule has 1 aromatic rings. The Morgan fingerprint density at radius 3 is 2.38 bits per heavy atom. The van der Waals surface area contributed by atoms with E-state index in [2.05, 4.69) is 5.32 Å². The van der Waals surface area contributed by atoms with Crippen molar-refractivity contribution >= 4 is 11.8 Å². The molecule has 2 N–H and O–H groups in total. The summed E-state index contributed by atoms with van der Waals surface area (Å²) in [5.74, 6) is -10.0. The van der Waals surface area contributed by atoms with Crippen LogP contribution in [0.25, 0.3) is 0 Å². The molecule has 0 amide bonds. The second-order valence-corrected chi connectivity index (χ2v) is 6.02. The number of hydrogen-bond donors (Lipinski definition) is 2. The Hall–Kier alpha value is -2.00. The molecule has 2 atom stereocenters. The maximum atomic E-state index is 14.0. The minimum atomic E-state index is -2.13. The van der Waals surface area contributed by atoms with Crippen molar-refractivity contribution in [1.29, 1.82) is 0 Å². The third kappa shape index (κ3) is 4.59. The molecule has 0 radical (unpaired) electrons. The van der Waals surface area contributed by atoms with Crippen LogP contribution in [0.2, 0.25) is 0 Å². The van der Waals surface area contributed by atoms with Crippen LogP contribution in [0.5, 0.6) is 0 Å². The van der Waals surface area contributed by atoms with Crippen LogP contribution in [0.4, 0.5) is 17.6 Å². The van der Waals surface area contributed by atoms with E-state index in [0.717, 1.165) is 6.92 Å². The molecule has 0 aliphatic heterocycles. The van der Waals surface area contributed by atoms with Crippen molar-refractivity contribution in [3.05, 3.63) is 34.9 Å². The van der Waals surface area contributed by atoms with E-state index in [4.69, 9.17) is 9.84 Å². The van der Waals surface area contributed by atoms with E-state index in [0.29, 0.717) is 0 Å². The number of Topliss-reactive ketones (excluding diaryl/α,β-unsaturated/α-hetero) is 1. The number of hydrogen-bond acceptors (Lipinski definition) is 5. The number of carbonyl (C=O) groups is 2. The Morgan fingerprint density at radius 2 is 1.85 bits per heavy atom. The molecule has 26 heavy (non-hydrogen) atoms. The fourth-order valence-corrected chi connectivity index (χ4v) is 2.27. The zero-order valence-electron chi connectivity index (χ0n) is 14.7. The summed E-state index contributed by atoms with van der Waals surface area (Å²) >= 11 is 0. The lowest BCUT2D eigenvalue weighted by atomic mass is 9.79. The van der Waals surface area contributed by atoms with Crippen molar-refractivity contribution in [3.8, 4) is 0 Å². The van der Waals surface area contributed by atoms with Crippen molar-refractivity contribution in [2.45, 2.75) is 33.2 Å². The summed E-state index contributed by atoms with van der Waals surface area (Å²) in [6, 6.07) is -0.119. The van der Waals surface area contributed by atoms with E-state index < -0.39 is 46.0 Å². The Bertz CT molecular complexity index is 683. The summed E-state index contributed by atoms with van der Waals surface area (Å²) in [5.41, 5.74) is -3.04. The molecule has 0 aromatic heterocycles. The number of rotatable bonds is 9. The Morgan fingerprint density at radius 1 is 1.23 bits per heavy atom. The summed E-state index contributed by atoms with van der Waals surface area (Å²) in [5, 5.41) is 11.8. The van der Waals surface area contributed by atoms with Crippen LogP contribution < -0.4 is 5.32 Å². The number of benzene rings is 1. The molecule has 0 spiro atoms. The summed E-state index contributed by atoms with van der Waals surface area (Å²) < 4.78 is 58.8. The van der Waals surface area contributed by atoms with Crippen LogP contribution in [0.1, 0.15) is 37.6 Å². The highest BCUT2D eigenvalue weighted by molar-refractivity contribution is 6.12. The number of ether oxygens (including phenoxy) is 1. The molecule has 9 heteroatoms. The van der Waals surface area contributed by atoms with Gasteiger partial charge in [-0.3, -0.25) is 9.59 Å². The van der Waals surface area contributed by atoms with Gasteiger partial charge < -0.3 is 15.2 Å². The number of ketones is 1. The first-order valence-electron chi connectivity index (χ1n) is 7.99. The molecular weight excluding hydrogens is 358 g/mol. The third-order valence-corrected chi connectivity index (χ3v) is 3.97. The lowest BCUT2D eigenvalue weighted by molar-refractivity contribution is -0.151. The fourth-order valence-electron chi connectivity index (χ4n) is 2.27. The van der Waals surface area contributed by atoms with Gasteiger partial charge >= 0.3 is 5.97 Å². The number of nitrogens with one attached hydrogen (secondary N) is 1. The number of halogens is 4. The van der Waals surface area contributed by atoms with Crippen LogP contribution in [0.3, 0.4) is 0 Å². The van der Waals surface area contributed by atoms with E-state index in [9.17, 15) is 27.2 Å². The molecule has 1 aromatic carbocycles. The Kier molecular flexibility index (Phi) is 7.70. The zero-order chi connectivity index (χ0) is 20.1. The van der Waals surface area contributed by atoms with E-state index in [1.165, 1.54) is 6.92 Å². The topological polar surface area (TPSA) is 75.6 Å². The maximum absolute atomic E-state index is 14.0. The van der Waals surface area contributed by atoms with Crippen LogP contribution >= 0.6 is 0 Å². The van der Waals surface area contributed by atoms with Gasteiger partial charge in [0.25, 0.3) is 0 Å². The van der Waals surface area contributed by atoms with E-state index in [1.807, 2.05) is 0 Å².